The van der Waals surface area contributed by atoms with E-state index in [2.05, 4.69) is 27.4 Å². The zero-order chi connectivity index (χ0) is 14.3. The average Bonchev–Trinajstić information content (AvgIpc) is 2.40. The van der Waals surface area contributed by atoms with Gasteiger partial charge in [0.2, 0.25) is 0 Å². The van der Waals surface area contributed by atoms with E-state index in [9.17, 15) is 0 Å². The van der Waals surface area contributed by atoms with Crippen LogP contribution in [0.15, 0.2) is 4.99 Å². The van der Waals surface area contributed by atoms with Gasteiger partial charge in [0.15, 0.2) is 0 Å². The molecule has 1 aliphatic rings. The molecule has 3 atom stereocenters. The first-order valence-corrected chi connectivity index (χ1v) is 6.74. The molecule has 0 aromatic carbocycles. The van der Waals surface area contributed by atoms with Crippen molar-refractivity contribution < 1.29 is 4.74 Å². The predicted octanol–water partition coefficient (Wildman–Crippen LogP) is -0.978. The molecule has 4 N–H and O–H groups in total. The smallest absolute Gasteiger partial charge is 0.129 e. The molecule has 112 valence electrons. The quantitative estimate of drug-likeness (QED) is 0.597. The molecule has 0 amide bonds. The van der Waals surface area contributed by atoms with Crippen molar-refractivity contribution in [1.82, 2.24) is 20.4 Å². The van der Waals surface area contributed by atoms with Crippen molar-refractivity contribution in [3.8, 4) is 0 Å². The van der Waals surface area contributed by atoms with Crippen molar-refractivity contribution >= 4 is 6.34 Å². The molecule has 7 heteroatoms. The van der Waals surface area contributed by atoms with E-state index in [1.54, 1.807) is 0 Å². The lowest BCUT2D eigenvalue weighted by atomic mass is 10.4. The minimum Gasteiger partial charge on any atom is -0.354 e. The number of hydrogen-bond donors (Lipinski definition) is 3. The van der Waals surface area contributed by atoms with Gasteiger partial charge in [0.1, 0.15) is 6.23 Å². The Bertz CT molecular complexity index is 273. The number of nitrogens with two attached hydrogens (primary N) is 1. The summed E-state index contributed by atoms with van der Waals surface area (Å²) in [6.07, 6.45) is 1.89. The Morgan fingerprint density at radius 2 is 2.26 bits per heavy atom. The Balaban J connectivity index is 2.44. The summed E-state index contributed by atoms with van der Waals surface area (Å²) in [5.41, 5.74) is 5.83. The summed E-state index contributed by atoms with van der Waals surface area (Å²) in [5.74, 6) is 0. The Hall–Kier alpha value is -0.730. The maximum atomic E-state index is 5.97. The van der Waals surface area contributed by atoms with Gasteiger partial charge in [-0.2, -0.15) is 0 Å². The van der Waals surface area contributed by atoms with Crippen LogP contribution in [0.2, 0.25) is 0 Å². The minimum absolute atomic E-state index is 0.0273. The van der Waals surface area contributed by atoms with Crippen molar-refractivity contribution in [3.63, 3.8) is 0 Å². The van der Waals surface area contributed by atoms with E-state index in [1.165, 1.54) is 0 Å². The van der Waals surface area contributed by atoms with Crippen molar-refractivity contribution in [3.05, 3.63) is 0 Å². The first kappa shape index (κ1) is 16.3. The summed E-state index contributed by atoms with van der Waals surface area (Å²) >= 11 is 0. The van der Waals surface area contributed by atoms with Gasteiger partial charge in [-0.15, -0.1) is 0 Å². The molecule has 1 unspecified atom stereocenters. The summed E-state index contributed by atoms with van der Waals surface area (Å²) in [4.78, 5) is 8.44. The van der Waals surface area contributed by atoms with E-state index in [0.29, 0.717) is 19.9 Å². The van der Waals surface area contributed by atoms with Gasteiger partial charge in [0.25, 0.3) is 0 Å². The third kappa shape index (κ3) is 6.84. The highest BCUT2D eigenvalue weighted by Gasteiger charge is 2.16. The van der Waals surface area contributed by atoms with E-state index in [4.69, 9.17) is 10.5 Å². The minimum atomic E-state index is -0.0685. The molecule has 0 aromatic rings. The average molecular weight is 272 g/mol. The fourth-order valence-corrected chi connectivity index (χ4v) is 1.97. The van der Waals surface area contributed by atoms with E-state index in [-0.39, 0.29) is 18.5 Å². The van der Waals surface area contributed by atoms with E-state index < -0.39 is 0 Å². The van der Waals surface area contributed by atoms with Gasteiger partial charge in [0.05, 0.1) is 31.9 Å². The first-order valence-electron chi connectivity index (χ1n) is 6.74. The normalized spacial score (nSPS) is 26.4. The standard InChI is InChI=1S/C12H28N6O/c1-10(6-17(3)4)19-11(2)18-8-14-5-12(13)16-7-15-9-18/h9-12,14,16H,5-8,13H2,1-4H3/b15-9+/t10-,11+,12?/m0/s1. The summed E-state index contributed by atoms with van der Waals surface area (Å²) in [6, 6.07) is 0. The van der Waals surface area contributed by atoms with Crippen molar-refractivity contribution in [2.75, 3.05) is 40.5 Å². The van der Waals surface area contributed by atoms with Gasteiger partial charge in [0, 0.05) is 13.1 Å². The van der Waals surface area contributed by atoms with Crippen LogP contribution >= 0.6 is 0 Å². The lowest BCUT2D eigenvalue weighted by Gasteiger charge is -2.30. The largest absolute Gasteiger partial charge is 0.354 e. The third-order valence-corrected chi connectivity index (χ3v) is 2.85. The molecule has 0 saturated heterocycles. The molecule has 0 bridgehead atoms. The Labute approximate surface area is 116 Å². The summed E-state index contributed by atoms with van der Waals surface area (Å²) in [6.45, 7) is 6.92. The Morgan fingerprint density at radius 1 is 1.53 bits per heavy atom. The highest BCUT2D eigenvalue weighted by atomic mass is 16.5. The van der Waals surface area contributed by atoms with Crippen LogP contribution in [0.5, 0.6) is 0 Å². The van der Waals surface area contributed by atoms with Gasteiger partial charge in [-0.05, 0) is 27.9 Å². The van der Waals surface area contributed by atoms with Gasteiger partial charge in [-0.3, -0.25) is 15.6 Å². The molecule has 0 aromatic heterocycles. The molecule has 0 radical (unpaired) electrons. The van der Waals surface area contributed by atoms with Crippen LogP contribution in [0.1, 0.15) is 13.8 Å². The second kappa shape index (κ2) is 8.44. The van der Waals surface area contributed by atoms with Gasteiger partial charge >= 0.3 is 0 Å². The summed E-state index contributed by atoms with van der Waals surface area (Å²) in [5, 5.41) is 6.37. The monoisotopic (exact) mass is 272 g/mol. The molecule has 0 aliphatic carbocycles. The molecule has 1 aliphatic heterocycles. The zero-order valence-electron chi connectivity index (χ0n) is 12.5. The second-order valence-corrected chi connectivity index (χ2v) is 5.20. The number of likely N-dealkylation sites (N-methyl/N-ethyl adjacent to an activating group) is 1. The number of ether oxygens (including phenoxy) is 1. The number of nitrogens with zero attached hydrogens (tertiary/aromatic N) is 3. The van der Waals surface area contributed by atoms with E-state index in [0.717, 1.165) is 6.54 Å². The Kier molecular flexibility index (Phi) is 7.25. The van der Waals surface area contributed by atoms with Gasteiger partial charge < -0.3 is 20.3 Å². The fraction of sp³-hybridized carbons (Fsp3) is 0.917. The van der Waals surface area contributed by atoms with Crippen LogP contribution in [-0.2, 0) is 4.74 Å². The molecule has 0 spiro atoms. The summed E-state index contributed by atoms with van der Waals surface area (Å²) in [7, 11) is 4.09. The van der Waals surface area contributed by atoms with Crippen LogP contribution in [0.3, 0.4) is 0 Å². The van der Waals surface area contributed by atoms with Crippen LogP contribution in [-0.4, -0.2) is 75.2 Å². The number of aliphatic imine (C=N–C) groups is 1. The maximum Gasteiger partial charge on any atom is 0.129 e. The highest BCUT2D eigenvalue weighted by Crippen LogP contribution is 2.03. The van der Waals surface area contributed by atoms with Gasteiger partial charge in [-0.1, -0.05) is 0 Å². The van der Waals surface area contributed by atoms with Gasteiger partial charge in [-0.25, -0.2) is 0 Å². The molecule has 1 rings (SSSR count). The molecule has 0 fully saturated rings. The van der Waals surface area contributed by atoms with Crippen molar-refractivity contribution in [2.24, 2.45) is 10.7 Å². The molecular formula is C12H28N6O. The van der Waals surface area contributed by atoms with Crippen LogP contribution in [0.4, 0.5) is 0 Å². The Morgan fingerprint density at radius 3 is 2.95 bits per heavy atom. The van der Waals surface area contributed by atoms with E-state index >= 15 is 0 Å². The lowest BCUT2D eigenvalue weighted by molar-refractivity contribution is -0.0623. The highest BCUT2D eigenvalue weighted by molar-refractivity contribution is 5.55. The van der Waals surface area contributed by atoms with E-state index in [1.807, 2.05) is 32.3 Å². The van der Waals surface area contributed by atoms with Crippen LogP contribution < -0.4 is 16.4 Å². The van der Waals surface area contributed by atoms with Crippen molar-refractivity contribution in [2.45, 2.75) is 32.3 Å². The lowest BCUT2D eigenvalue weighted by Crippen LogP contribution is -2.48. The second-order valence-electron chi connectivity index (χ2n) is 5.20. The van der Waals surface area contributed by atoms with Crippen LogP contribution in [0, 0.1) is 0 Å². The fourth-order valence-electron chi connectivity index (χ4n) is 1.97. The maximum absolute atomic E-state index is 5.97. The first-order chi connectivity index (χ1) is 8.99. The summed E-state index contributed by atoms with van der Waals surface area (Å²) < 4.78 is 5.97. The number of hydrogen-bond acceptors (Lipinski definition) is 7. The molecule has 1 heterocycles. The number of rotatable bonds is 5. The SMILES string of the molecule is C[C@@H](CN(C)C)O[C@H](C)N1/C=N/CNC(N)CNC1. The molecule has 7 nitrogen and oxygen atoms in total. The third-order valence-electron chi connectivity index (χ3n) is 2.85. The topological polar surface area (TPSA) is 78.2 Å². The van der Waals surface area contributed by atoms with Crippen LogP contribution in [0.25, 0.3) is 0 Å². The molecule has 19 heavy (non-hydrogen) atoms. The molecule has 0 saturated carbocycles. The number of nitrogens with one attached hydrogen (secondary N) is 2. The predicted molar refractivity (Wildman–Crippen MR) is 77.7 cm³/mol. The zero-order valence-corrected chi connectivity index (χ0v) is 12.5. The van der Waals surface area contributed by atoms with Crippen molar-refractivity contribution in [1.29, 1.82) is 0 Å². The molecular weight excluding hydrogens is 244 g/mol.